The standard InChI is InChI=1S/C16H17ClFNO/c1-19-15(11-5-3-7-13(9-11)20-2)10-12-6-4-8-14(18)16(12)17/h3-9,15,19H,10H2,1-2H3. The number of hydrogen-bond donors (Lipinski definition) is 1. The maximum absolute atomic E-state index is 13.5. The third-order valence-electron chi connectivity index (χ3n) is 3.30. The van der Waals surface area contributed by atoms with Crippen molar-refractivity contribution in [2.45, 2.75) is 12.5 Å². The molecule has 2 nitrogen and oxygen atoms in total. The van der Waals surface area contributed by atoms with Crippen LogP contribution < -0.4 is 10.1 Å². The molecule has 2 aromatic carbocycles. The molecule has 0 aromatic heterocycles. The van der Waals surface area contributed by atoms with Gasteiger partial charge in [0, 0.05) is 6.04 Å². The topological polar surface area (TPSA) is 21.3 Å². The van der Waals surface area contributed by atoms with E-state index in [9.17, 15) is 4.39 Å². The number of hydrogen-bond acceptors (Lipinski definition) is 2. The van der Waals surface area contributed by atoms with E-state index in [0.717, 1.165) is 16.9 Å². The SMILES string of the molecule is CNC(Cc1cccc(F)c1Cl)c1cccc(OC)c1. The Balaban J connectivity index is 2.26. The first-order valence-corrected chi connectivity index (χ1v) is 6.77. The fraction of sp³-hybridized carbons (Fsp3) is 0.250. The van der Waals surface area contributed by atoms with E-state index in [1.165, 1.54) is 6.07 Å². The second-order valence-corrected chi connectivity index (χ2v) is 4.91. The molecule has 1 N–H and O–H groups in total. The molecular formula is C16H17ClFNO. The Labute approximate surface area is 123 Å². The summed E-state index contributed by atoms with van der Waals surface area (Å²) in [4.78, 5) is 0. The first-order valence-electron chi connectivity index (χ1n) is 6.39. The van der Waals surface area contributed by atoms with E-state index in [1.54, 1.807) is 13.2 Å². The molecular weight excluding hydrogens is 277 g/mol. The third kappa shape index (κ3) is 3.30. The summed E-state index contributed by atoms with van der Waals surface area (Å²) in [5, 5.41) is 3.42. The van der Waals surface area contributed by atoms with Gasteiger partial charge < -0.3 is 10.1 Å². The molecule has 4 heteroatoms. The van der Waals surface area contributed by atoms with Gasteiger partial charge in [-0.25, -0.2) is 4.39 Å². The van der Waals surface area contributed by atoms with Crippen LogP contribution in [0, 0.1) is 5.82 Å². The Hall–Kier alpha value is -1.58. The van der Waals surface area contributed by atoms with Gasteiger partial charge in [0.25, 0.3) is 0 Å². The van der Waals surface area contributed by atoms with Crippen LogP contribution in [0.4, 0.5) is 4.39 Å². The number of halogens is 2. The van der Waals surface area contributed by atoms with Crippen LogP contribution in [0.5, 0.6) is 5.75 Å². The monoisotopic (exact) mass is 293 g/mol. The van der Waals surface area contributed by atoms with E-state index < -0.39 is 0 Å². The summed E-state index contributed by atoms with van der Waals surface area (Å²) in [6.07, 6.45) is 0.611. The summed E-state index contributed by atoms with van der Waals surface area (Å²) < 4.78 is 18.7. The highest BCUT2D eigenvalue weighted by atomic mass is 35.5. The molecule has 0 amide bonds. The molecule has 2 aromatic rings. The number of nitrogens with one attached hydrogen (secondary N) is 1. The van der Waals surface area contributed by atoms with Gasteiger partial charge in [-0.3, -0.25) is 0 Å². The number of methoxy groups -OCH3 is 1. The van der Waals surface area contributed by atoms with Crippen LogP contribution in [0.25, 0.3) is 0 Å². The van der Waals surface area contributed by atoms with E-state index in [1.807, 2.05) is 37.4 Å². The molecule has 1 unspecified atom stereocenters. The van der Waals surface area contributed by atoms with Crippen LogP contribution in [-0.2, 0) is 6.42 Å². The van der Waals surface area contributed by atoms with E-state index in [4.69, 9.17) is 16.3 Å². The van der Waals surface area contributed by atoms with Gasteiger partial charge in [0.15, 0.2) is 0 Å². The van der Waals surface area contributed by atoms with Gasteiger partial charge in [-0.15, -0.1) is 0 Å². The molecule has 0 saturated heterocycles. The van der Waals surface area contributed by atoms with E-state index in [-0.39, 0.29) is 16.9 Å². The number of rotatable bonds is 5. The van der Waals surface area contributed by atoms with Crippen LogP contribution in [-0.4, -0.2) is 14.2 Å². The molecule has 20 heavy (non-hydrogen) atoms. The van der Waals surface area contributed by atoms with Gasteiger partial charge in [-0.1, -0.05) is 35.9 Å². The summed E-state index contributed by atoms with van der Waals surface area (Å²) in [6.45, 7) is 0. The second kappa shape index (κ2) is 6.73. The van der Waals surface area contributed by atoms with Crippen LogP contribution in [0.2, 0.25) is 5.02 Å². The minimum Gasteiger partial charge on any atom is -0.497 e. The molecule has 0 aliphatic carbocycles. The number of likely N-dealkylation sites (N-methyl/N-ethyl adjacent to an activating group) is 1. The Morgan fingerprint density at radius 1 is 1.25 bits per heavy atom. The van der Waals surface area contributed by atoms with Crippen LogP contribution in [0.1, 0.15) is 17.2 Å². The van der Waals surface area contributed by atoms with Crippen molar-refractivity contribution >= 4 is 11.6 Å². The van der Waals surface area contributed by atoms with Gasteiger partial charge >= 0.3 is 0 Å². The molecule has 0 aliphatic rings. The molecule has 1 atom stereocenters. The van der Waals surface area contributed by atoms with E-state index >= 15 is 0 Å². The van der Waals surface area contributed by atoms with Gasteiger partial charge in [0.05, 0.1) is 12.1 Å². The van der Waals surface area contributed by atoms with Crippen molar-refractivity contribution in [3.05, 3.63) is 64.4 Å². The largest absolute Gasteiger partial charge is 0.497 e. The lowest BCUT2D eigenvalue weighted by Crippen LogP contribution is -2.19. The number of benzene rings is 2. The van der Waals surface area contributed by atoms with Crippen molar-refractivity contribution in [3.8, 4) is 5.75 Å². The molecule has 0 aliphatic heterocycles. The summed E-state index contributed by atoms with van der Waals surface area (Å²) in [5.41, 5.74) is 1.86. The smallest absolute Gasteiger partial charge is 0.142 e. The fourth-order valence-corrected chi connectivity index (χ4v) is 2.37. The maximum Gasteiger partial charge on any atom is 0.142 e. The summed E-state index contributed by atoms with van der Waals surface area (Å²) >= 11 is 6.01. The highest BCUT2D eigenvalue weighted by molar-refractivity contribution is 6.31. The minimum atomic E-state index is -0.385. The summed E-state index contributed by atoms with van der Waals surface area (Å²) in [5.74, 6) is 0.415. The molecule has 2 rings (SSSR count). The summed E-state index contributed by atoms with van der Waals surface area (Å²) in [6, 6.07) is 12.7. The van der Waals surface area contributed by atoms with Crippen LogP contribution >= 0.6 is 11.6 Å². The van der Waals surface area contributed by atoms with E-state index in [2.05, 4.69) is 5.32 Å². The molecule has 0 fully saturated rings. The second-order valence-electron chi connectivity index (χ2n) is 4.53. The lowest BCUT2D eigenvalue weighted by molar-refractivity contribution is 0.413. The van der Waals surface area contributed by atoms with Crippen molar-refractivity contribution in [1.29, 1.82) is 0 Å². The third-order valence-corrected chi connectivity index (χ3v) is 3.72. The zero-order valence-electron chi connectivity index (χ0n) is 11.5. The van der Waals surface area contributed by atoms with Crippen molar-refractivity contribution in [1.82, 2.24) is 5.32 Å². The predicted molar refractivity (Wildman–Crippen MR) is 79.9 cm³/mol. The molecule has 0 radical (unpaired) electrons. The lowest BCUT2D eigenvalue weighted by atomic mass is 9.98. The summed E-state index contributed by atoms with van der Waals surface area (Å²) in [7, 11) is 3.51. The normalized spacial score (nSPS) is 12.2. The quantitative estimate of drug-likeness (QED) is 0.900. The van der Waals surface area contributed by atoms with Crippen molar-refractivity contribution in [3.63, 3.8) is 0 Å². The Morgan fingerprint density at radius 3 is 2.70 bits per heavy atom. The highest BCUT2D eigenvalue weighted by Crippen LogP contribution is 2.27. The molecule has 0 spiro atoms. The number of ether oxygens (including phenoxy) is 1. The molecule has 0 saturated carbocycles. The highest BCUT2D eigenvalue weighted by Gasteiger charge is 2.14. The first-order chi connectivity index (χ1) is 9.65. The zero-order valence-corrected chi connectivity index (χ0v) is 12.2. The Bertz CT molecular complexity index is 588. The van der Waals surface area contributed by atoms with Gasteiger partial charge in [-0.2, -0.15) is 0 Å². The van der Waals surface area contributed by atoms with Crippen molar-refractivity contribution in [2.75, 3.05) is 14.2 Å². The average molecular weight is 294 g/mol. The predicted octanol–water partition coefficient (Wildman–Crippen LogP) is 3.99. The zero-order chi connectivity index (χ0) is 14.5. The van der Waals surface area contributed by atoms with Crippen molar-refractivity contribution < 1.29 is 9.13 Å². The van der Waals surface area contributed by atoms with Crippen molar-refractivity contribution in [2.24, 2.45) is 0 Å². The van der Waals surface area contributed by atoms with Crippen LogP contribution in [0.3, 0.4) is 0 Å². The van der Waals surface area contributed by atoms with E-state index in [0.29, 0.717) is 6.42 Å². The fourth-order valence-electron chi connectivity index (χ4n) is 2.17. The lowest BCUT2D eigenvalue weighted by Gasteiger charge is -2.18. The molecule has 106 valence electrons. The average Bonchev–Trinajstić information content (AvgIpc) is 2.49. The van der Waals surface area contributed by atoms with Crippen LogP contribution in [0.15, 0.2) is 42.5 Å². The van der Waals surface area contributed by atoms with Gasteiger partial charge in [0.2, 0.25) is 0 Å². The maximum atomic E-state index is 13.5. The van der Waals surface area contributed by atoms with Gasteiger partial charge in [-0.05, 0) is 42.8 Å². The molecule has 0 heterocycles. The molecule has 0 bridgehead atoms. The minimum absolute atomic E-state index is 0.0457. The Kier molecular flexibility index (Phi) is 4.99. The van der Waals surface area contributed by atoms with Gasteiger partial charge in [0.1, 0.15) is 11.6 Å². The first kappa shape index (κ1) is 14.8. The Morgan fingerprint density at radius 2 is 2.00 bits per heavy atom.